The van der Waals surface area contributed by atoms with Gasteiger partial charge in [0.1, 0.15) is 0 Å². The van der Waals surface area contributed by atoms with Crippen molar-refractivity contribution in [3.8, 4) is 0 Å². The maximum Gasteiger partial charge on any atom is 0.0678 e. The molecular formula is C15H28O2. The molecule has 100 valence electrons. The lowest BCUT2D eigenvalue weighted by molar-refractivity contribution is -0.0818. The SMILES string of the molecule is CCC(C1CCC(O)CC1)C1(O)CCCCC1. The summed E-state index contributed by atoms with van der Waals surface area (Å²) in [5, 5.41) is 20.5. The first-order valence-electron chi connectivity index (χ1n) is 7.56. The van der Waals surface area contributed by atoms with E-state index in [4.69, 9.17) is 0 Å². The topological polar surface area (TPSA) is 40.5 Å². The standard InChI is InChI=1S/C15H28O2/c1-2-14(12-6-8-13(16)9-7-12)15(17)10-4-3-5-11-15/h12-14,16-17H,2-11H2,1H3. The van der Waals surface area contributed by atoms with Crippen LogP contribution in [0.15, 0.2) is 0 Å². The second kappa shape index (κ2) is 5.71. The molecule has 17 heavy (non-hydrogen) atoms. The van der Waals surface area contributed by atoms with Crippen LogP contribution < -0.4 is 0 Å². The molecular weight excluding hydrogens is 212 g/mol. The molecule has 0 aromatic carbocycles. The average molecular weight is 240 g/mol. The molecule has 1 unspecified atom stereocenters. The molecule has 2 saturated carbocycles. The normalized spacial score (nSPS) is 35.5. The molecule has 0 aromatic rings. The number of rotatable bonds is 3. The van der Waals surface area contributed by atoms with E-state index in [1.807, 2.05) is 0 Å². The Morgan fingerprint density at radius 3 is 2.18 bits per heavy atom. The third-order valence-electron chi connectivity index (χ3n) is 5.16. The zero-order chi connectivity index (χ0) is 12.3. The molecule has 0 amide bonds. The van der Waals surface area contributed by atoms with Crippen molar-refractivity contribution in [1.82, 2.24) is 0 Å². The van der Waals surface area contributed by atoms with E-state index in [2.05, 4.69) is 6.92 Å². The highest BCUT2D eigenvalue weighted by Gasteiger charge is 2.41. The van der Waals surface area contributed by atoms with Crippen LogP contribution in [0.25, 0.3) is 0 Å². The van der Waals surface area contributed by atoms with Gasteiger partial charge in [0.15, 0.2) is 0 Å². The van der Waals surface area contributed by atoms with Crippen molar-refractivity contribution in [2.24, 2.45) is 11.8 Å². The molecule has 0 aliphatic heterocycles. The van der Waals surface area contributed by atoms with E-state index in [1.165, 1.54) is 19.3 Å². The lowest BCUT2D eigenvalue weighted by Crippen LogP contribution is -2.44. The van der Waals surface area contributed by atoms with Gasteiger partial charge in [-0.25, -0.2) is 0 Å². The van der Waals surface area contributed by atoms with Gasteiger partial charge in [-0.1, -0.05) is 32.6 Å². The van der Waals surface area contributed by atoms with Crippen molar-refractivity contribution in [3.63, 3.8) is 0 Å². The minimum Gasteiger partial charge on any atom is -0.393 e. The van der Waals surface area contributed by atoms with Gasteiger partial charge < -0.3 is 10.2 Å². The molecule has 2 aliphatic carbocycles. The van der Waals surface area contributed by atoms with Crippen molar-refractivity contribution < 1.29 is 10.2 Å². The molecule has 2 N–H and O–H groups in total. The molecule has 1 atom stereocenters. The molecule has 2 rings (SSSR count). The number of aliphatic hydroxyl groups excluding tert-OH is 1. The number of hydrogen-bond acceptors (Lipinski definition) is 2. The quantitative estimate of drug-likeness (QED) is 0.795. The van der Waals surface area contributed by atoms with Crippen LogP contribution >= 0.6 is 0 Å². The molecule has 0 saturated heterocycles. The van der Waals surface area contributed by atoms with Crippen molar-refractivity contribution in [3.05, 3.63) is 0 Å². The number of hydrogen-bond donors (Lipinski definition) is 2. The lowest BCUT2D eigenvalue weighted by atomic mass is 9.65. The van der Waals surface area contributed by atoms with Gasteiger partial charge in [-0.3, -0.25) is 0 Å². The molecule has 2 fully saturated rings. The maximum atomic E-state index is 10.9. The lowest BCUT2D eigenvalue weighted by Gasteiger charge is -2.44. The molecule has 0 bridgehead atoms. The van der Waals surface area contributed by atoms with E-state index in [9.17, 15) is 10.2 Å². The fourth-order valence-corrected chi connectivity index (χ4v) is 4.19. The second-order valence-corrected chi connectivity index (χ2v) is 6.25. The Labute approximate surface area is 105 Å². The Bertz CT molecular complexity index is 225. The summed E-state index contributed by atoms with van der Waals surface area (Å²) >= 11 is 0. The molecule has 2 heteroatoms. The third kappa shape index (κ3) is 3.03. The van der Waals surface area contributed by atoms with Crippen molar-refractivity contribution in [1.29, 1.82) is 0 Å². The van der Waals surface area contributed by atoms with Crippen LogP contribution in [0, 0.1) is 11.8 Å². The van der Waals surface area contributed by atoms with Crippen LogP contribution in [0.5, 0.6) is 0 Å². The third-order valence-corrected chi connectivity index (χ3v) is 5.16. The van der Waals surface area contributed by atoms with E-state index in [0.29, 0.717) is 11.8 Å². The van der Waals surface area contributed by atoms with Gasteiger partial charge in [0.05, 0.1) is 11.7 Å². The van der Waals surface area contributed by atoms with Crippen LogP contribution in [0.2, 0.25) is 0 Å². The summed E-state index contributed by atoms with van der Waals surface area (Å²) in [7, 11) is 0. The number of aliphatic hydroxyl groups is 2. The Hall–Kier alpha value is -0.0800. The van der Waals surface area contributed by atoms with Gasteiger partial charge in [-0.2, -0.15) is 0 Å². The van der Waals surface area contributed by atoms with Gasteiger partial charge in [0.2, 0.25) is 0 Å². The first-order valence-corrected chi connectivity index (χ1v) is 7.56. The summed E-state index contributed by atoms with van der Waals surface area (Å²) in [6, 6.07) is 0. The largest absolute Gasteiger partial charge is 0.393 e. The molecule has 0 aromatic heterocycles. The van der Waals surface area contributed by atoms with Crippen LogP contribution in [0.3, 0.4) is 0 Å². The summed E-state index contributed by atoms with van der Waals surface area (Å²) in [6.07, 6.45) is 10.8. The smallest absolute Gasteiger partial charge is 0.0678 e. The summed E-state index contributed by atoms with van der Waals surface area (Å²) in [5.74, 6) is 1.11. The van der Waals surface area contributed by atoms with E-state index in [-0.39, 0.29) is 11.7 Å². The van der Waals surface area contributed by atoms with Crippen LogP contribution in [0.4, 0.5) is 0 Å². The van der Waals surface area contributed by atoms with Gasteiger partial charge in [0.25, 0.3) is 0 Å². The van der Waals surface area contributed by atoms with Gasteiger partial charge in [-0.05, 0) is 50.4 Å². The highest BCUT2D eigenvalue weighted by molar-refractivity contribution is 4.93. The van der Waals surface area contributed by atoms with E-state index >= 15 is 0 Å². The summed E-state index contributed by atoms with van der Waals surface area (Å²) in [5.41, 5.74) is -0.389. The molecule has 2 nitrogen and oxygen atoms in total. The second-order valence-electron chi connectivity index (χ2n) is 6.25. The Morgan fingerprint density at radius 1 is 1.06 bits per heavy atom. The van der Waals surface area contributed by atoms with Gasteiger partial charge >= 0.3 is 0 Å². The molecule has 0 radical (unpaired) electrons. The van der Waals surface area contributed by atoms with Crippen molar-refractivity contribution in [2.45, 2.75) is 82.8 Å². The Balaban J connectivity index is 1.99. The van der Waals surface area contributed by atoms with Crippen molar-refractivity contribution in [2.75, 3.05) is 0 Å². The molecule has 2 aliphatic rings. The Kier molecular flexibility index (Phi) is 4.48. The first kappa shape index (κ1) is 13.4. The van der Waals surface area contributed by atoms with E-state index in [0.717, 1.165) is 44.9 Å². The molecule has 0 heterocycles. The van der Waals surface area contributed by atoms with E-state index in [1.54, 1.807) is 0 Å². The summed E-state index contributed by atoms with van der Waals surface area (Å²) in [4.78, 5) is 0. The predicted molar refractivity (Wildman–Crippen MR) is 69.8 cm³/mol. The first-order chi connectivity index (χ1) is 8.15. The average Bonchev–Trinajstić information content (AvgIpc) is 2.33. The Morgan fingerprint density at radius 2 is 1.65 bits per heavy atom. The molecule has 0 spiro atoms. The minimum absolute atomic E-state index is 0.0789. The highest BCUT2D eigenvalue weighted by atomic mass is 16.3. The van der Waals surface area contributed by atoms with Crippen LogP contribution in [-0.2, 0) is 0 Å². The van der Waals surface area contributed by atoms with Crippen molar-refractivity contribution >= 4 is 0 Å². The highest BCUT2D eigenvalue weighted by Crippen LogP contribution is 2.44. The monoisotopic (exact) mass is 240 g/mol. The van der Waals surface area contributed by atoms with Gasteiger partial charge in [0, 0.05) is 0 Å². The summed E-state index contributed by atoms with van der Waals surface area (Å²) < 4.78 is 0. The van der Waals surface area contributed by atoms with Crippen LogP contribution in [-0.4, -0.2) is 21.9 Å². The maximum absolute atomic E-state index is 10.9. The zero-order valence-electron chi connectivity index (χ0n) is 11.2. The van der Waals surface area contributed by atoms with E-state index < -0.39 is 0 Å². The minimum atomic E-state index is -0.389. The van der Waals surface area contributed by atoms with Gasteiger partial charge in [-0.15, -0.1) is 0 Å². The predicted octanol–water partition coefficient (Wildman–Crippen LogP) is 3.26. The fourth-order valence-electron chi connectivity index (χ4n) is 4.19. The zero-order valence-corrected chi connectivity index (χ0v) is 11.2. The summed E-state index contributed by atoms with van der Waals surface area (Å²) in [6.45, 7) is 2.22. The fraction of sp³-hybridized carbons (Fsp3) is 1.00. The van der Waals surface area contributed by atoms with Crippen LogP contribution in [0.1, 0.15) is 71.1 Å².